The molecule has 290 valence electrons. The second kappa shape index (κ2) is 19.9. The molecule has 13 heteroatoms. The number of nitrogen functional groups attached to an aromatic ring is 1. The summed E-state index contributed by atoms with van der Waals surface area (Å²) >= 11 is 0. The van der Waals surface area contributed by atoms with E-state index in [9.17, 15) is 24.3 Å². The van der Waals surface area contributed by atoms with Crippen molar-refractivity contribution in [3.8, 4) is 11.5 Å². The number of hydrogen-bond donors (Lipinski definition) is 5. The van der Waals surface area contributed by atoms with E-state index in [1.54, 1.807) is 0 Å². The van der Waals surface area contributed by atoms with Crippen LogP contribution in [0.15, 0.2) is 36.4 Å². The molecule has 0 fully saturated rings. The van der Waals surface area contributed by atoms with Gasteiger partial charge in [0, 0.05) is 42.5 Å². The molecule has 0 saturated carbocycles. The number of fused-ring (bicyclic) bond motifs is 3. The van der Waals surface area contributed by atoms with E-state index in [0.717, 1.165) is 54.4 Å². The number of amides is 1. The number of carbonyl (C=O) groups is 1. The van der Waals surface area contributed by atoms with Crippen molar-refractivity contribution in [3.63, 3.8) is 0 Å². The minimum atomic E-state index is -4.85. The summed E-state index contributed by atoms with van der Waals surface area (Å²) in [6.07, 6.45) is 5.38. The number of nitrogens with zero attached hydrogens (tertiary/aromatic N) is 3. The molecule has 6 N–H and O–H groups in total. The van der Waals surface area contributed by atoms with Gasteiger partial charge in [0.15, 0.2) is 5.82 Å². The molecule has 4 aromatic rings. The third kappa shape index (κ3) is 12.5. The van der Waals surface area contributed by atoms with E-state index in [4.69, 9.17) is 25.0 Å². The Morgan fingerprint density at radius 3 is 2.29 bits per heavy atom. The lowest BCUT2D eigenvalue weighted by molar-refractivity contribution is -0.122. The summed E-state index contributed by atoms with van der Waals surface area (Å²) in [6, 6.07) is 10.2. The van der Waals surface area contributed by atoms with Gasteiger partial charge in [-0.25, -0.2) is 14.5 Å². The summed E-state index contributed by atoms with van der Waals surface area (Å²) in [4.78, 5) is 40.4. The molecule has 2 heterocycles. The molecule has 1 amide bonds. The highest BCUT2D eigenvalue weighted by Crippen LogP contribution is 2.41. The predicted molar refractivity (Wildman–Crippen MR) is 211 cm³/mol. The maximum atomic E-state index is 11.8. The van der Waals surface area contributed by atoms with Crippen LogP contribution in [0.1, 0.15) is 125 Å². The number of benzene rings is 2. The molecule has 0 aliphatic heterocycles. The largest absolute Gasteiger partial charge is 0.524 e. The third-order valence-electron chi connectivity index (χ3n) is 8.67. The second-order valence-electron chi connectivity index (χ2n) is 13.7. The van der Waals surface area contributed by atoms with E-state index < -0.39 is 7.82 Å². The Balaban J connectivity index is 0.00000226. The molecular weight excluding hydrogens is 681 g/mol. The van der Waals surface area contributed by atoms with Crippen LogP contribution >= 0.6 is 7.82 Å². The lowest BCUT2D eigenvalue weighted by Gasteiger charge is -2.27. The average molecular weight is 744 g/mol. The van der Waals surface area contributed by atoms with E-state index in [2.05, 4.69) is 32.2 Å². The van der Waals surface area contributed by atoms with E-state index in [-0.39, 0.29) is 40.7 Å². The van der Waals surface area contributed by atoms with Gasteiger partial charge >= 0.3 is 7.82 Å². The minimum absolute atomic E-state index is 0.0333. The number of phosphoric acid groups is 1. The molecule has 0 unspecified atom stereocenters. The first-order valence-electron chi connectivity index (χ1n) is 18.6. The van der Waals surface area contributed by atoms with E-state index >= 15 is 0 Å². The van der Waals surface area contributed by atoms with Crippen molar-refractivity contribution >= 4 is 41.5 Å². The van der Waals surface area contributed by atoms with E-state index in [0.29, 0.717) is 42.7 Å². The number of phenolic OH excluding ortho intramolecular Hbond substituents is 1. The number of aromatic nitrogens is 3. The van der Waals surface area contributed by atoms with Crippen molar-refractivity contribution in [2.24, 2.45) is 0 Å². The van der Waals surface area contributed by atoms with Crippen molar-refractivity contribution in [2.75, 3.05) is 18.9 Å². The van der Waals surface area contributed by atoms with Gasteiger partial charge in [-0.3, -0.25) is 14.6 Å². The number of phosphoric ester groups is 1. The number of phenols is 1. The molecule has 0 radical (unpaired) electrons. The molecule has 0 aliphatic carbocycles. The maximum absolute atomic E-state index is 11.8. The Kier molecular flexibility index (Phi) is 17.1. The van der Waals surface area contributed by atoms with E-state index in [1.165, 1.54) is 18.2 Å². The number of rotatable bonds is 17. The fourth-order valence-corrected chi connectivity index (χ4v) is 6.30. The molecule has 0 bridgehead atoms. The molecular formula is C39H62N5O7P. The number of nitrogens with two attached hydrogens (primary N) is 1. The summed E-state index contributed by atoms with van der Waals surface area (Å²) in [5.74, 6) is 0.988. The van der Waals surface area contributed by atoms with Gasteiger partial charge in [-0.1, -0.05) is 73.9 Å². The standard InChI is InChI=1S/C35H50N5O7P.2C2H6/c1-7-9-11-29-38-31-32(40(29)22-23-20-25(41)13-15-28(23)47-48(43,44)45)26-14-12-24(21-27(26)37-33(31)36)34(3,4)17-19-46-18-10-16-35(5,6)39-30(42)8-2;2*1-2/h12-15,20-21,41H,7-11,16-19,22H2,1-6H3,(H2,36,37)(H,39,42)(H2,43,44,45);2*1-2H3. The molecule has 52 heavy (non-hydrogen) atoms. The number of unbranched alkanes of at least 4 members (excludes halogenated alkanes) is 1. The van der Waals surface area contributed by atoms with Crippen molar-refractivity contribution in [1.82, 2.24) is 19.9 Å². The van der Waals surface area contributed by atoms with Crippen LogP contribution < -0.4 is 15.6 Å². The van der Waals surface area contributed by atoms with Crippen LogP contribution in [0.4, 0.5) is 5.82 Å². The van der Waals surface area contributed by atoms with Crippen LogP contribution in [0.5, 0.6) is 11.5 Å². The highest BCUT2D eigenvalue weighted by molar-refractivity contribution is 7.46. The molecule has 0 aliphatic rings. The van der Waals surface area contributed by atoms with Gasteiger partial charge in [-0.15, -0.1) is 0 Å². The molecule has 2 aromatic carbocycles. The number of aromatic hydroxyl groups is 1. The van der Waals surface area contributed by atoms with Crippen molar-refractivity contribution in [2.45, 2.75) is 132 Å². The van der Waals surface area contributed by atoms with Crippen molar-refractivity contribution in [1.29, 1.82) is 0 Å². The number of ether oxygens (including phenoxy) is 1. The summed E-state index contributed by atoms with van der Waals surface area (Å²) < 4.78 is 24.7. The Labute approximate surface area is 309 Å². The number of anilines is 1. The van der Waals surface area contributed by atoms with E-state index in [1.807, 2.05) is 65.2 Å². The van der Waals surface area contributed by atoms with Crippen LogP contribution in [-0.2, 0) is 32.5 Å². The van der Waals surface area contributed by atoms with Crippen LogP contribution in [-0.4, -0.2) is 54.1 Å². The Hall–Kier alpha value is -3.70. The third-order valence-corrected chi connectivity index (χ3v) is 9.10. The molecule has 0 saturated heterocycles. The zero-order chi connectivity index (χ0) is 39.3. The average Bonchev–Trinajstić information content (AvgIpc) is 3.45. The number of pyridine rings is 1. The lowest BCUT2D eigenvalue weighted by atomic mass is 9.81. The van der Waals surface area contributed by atoms with Crippen LogP contribution in [0.2, 0.25) is 0 Å². The van der Waals surface area contributed by atoms with Crippen molar-refractivity contribution in [3.05, 3.63) is 53.3 Å². The van der Waals surface area contributed by atoms with Crippen LogP contribution in [0.3, 0.4) is 0 Å². The summed E-state index contributed by atoms with van der Waals surface area (Å²) in [5.41, 5.74) is 9.48. The molecule has 12 nitrogen and oxygen atoms in total. The smallest absolute Gasteiger partial charge is 0.508 e. The lowest BCUT2D eigenvalue weighted by Crippen LogP contribution is -2.43. The normalized spacial score (nSPS) is 11.8. The fourth-order valence-electron chi connectivity index (χ4n) is 5.87. The fraction of sp³-hybridized carbons (Fsp3) is 0.564. The topological polar surface area (TPSA) is 182 Å². The Morgan fingerprint density at radius 2 is 1.65 bits per heavy atom. The maximum Gasteiger partial charge on any atom is 0.524 e. The number of carbonyl (C=O) groups excluding carboxylic acids is 1. The SMILES string of the molecule is CC.CC.CCCCc1nc2c(N)nc3cc(C(C)(C)CCOCCCC(C)(C)NC(=O)CC)ccc3c2n1Cc1cc(O)ccc1OP(=O)(O)O. The highest BCUT2D eigenvalue weighted by Gasteiger charge is 2.25. The number of hydrogen-bond acceptors (Lipinski definition) is 8. The quantitative estimate of drug-likeness (QED) is 0.0519. The second-order valence-corrected chi connectivity index (χ2v) is 14.8. The summed E-state index contributed by atoms with van der Waals surface area (Å²) in [6.45, 7) is 21.6. The van der Waals surface area contributed by atoms with Crippen LogP contribution in [0, 0.1) is 0 Å². The number of imidazole rings is 1. The molecule has 0 spiro atoms. The summed E-state index contributed by atoms with van der Waals surface area (Å²) in [5, 5.41) is 14.1. The van der Waals surface area contributed by atoms with Gasteiger partial charge in [-0.2, -0.15) is 0 Å². The Bertz CT molecular complexity index is 1800. The predicted octanol–water partition coefficient (Wildman–Crippen LogP) is 8.56. The first-order valence-corrected chi connectivity index (χ1v) is 20.1. The zero-order valence-corrected chi connectivity index (χ0v) is 33.8. The molecule has 0 atom stereocenters. The monoisotopic (exact) mass is 743 g/mol. The minimum Gasteiger partial charge on any atom is -0.508 e. The van der Waals surface area contributed by atoms with Gasteiger partial charge in [0.1, 0.15) is 22.8 Å². The zero-order valence-electron chi connectivity index (χ0n) is 32.9. The van der Waals surface area contributed by atoms with Gasteiger partial charge in [0.25, 0.3) is 0 Å². The van der Waals surface area contributed by atoms with Gasteiger partial charge in [0.05, 0.1) is 17.6 Å². The number of nitrogens with one attached hydrogen (secondary N) is 1. The number of aryl methyl sites for hydroxylation is 1. The first kappa shape index (κ1) is 44.5. The van der Waals surface area contributed by atoms with Crippen LogP contribution in [0.25, 0.3) is 21.9 Å². The van der Waals surface area contributed by atoms with Crippen molar-refractivity contribution < 1.29 is 33.5 Å². The van der Waals surface area contributed by atoms with Gasteiger partial charge < -0.3 is 30.0 Å². The highest BCUT2D eigenvalue weighted by atomic mass is 31.2. The van der Waals surface area contributed by atoms with Gasteiger partial charge in [-0.05, 0) is 74.8 Å². The van der Waals surface area contributed by atoms with Gasteiger partial charge in [0.2, 0.25) is 5.91 Å². The summed E-state index contributed by atoms with van der Waals surface area (Å²) in [7, 11) is -4.85. The molecule has 2 aromatic heterocycles. The molecule has 4 rings (SSSR count). The first-order chi connectivity index (χ1) is 24.5. The Morgan fingerprint density at radius 1 is 0.962 bits per heavy atom.